The maximum atomic E-state index is 12.4. The number of carbonyl (C=O) groups excluding carboxylic acids is 1. The first-order valence-corrected chi connectivity index (χ1v) is 8.90. The molecule has 0 amide bonds. The largest absolute Gasteiger partial charge is 0.455 e. The normalized spacial score (nSPS) is 14.3. The number of esters is 1. The van der Waals surface area contributed by atoms with Crippen LogP contribution in [-0.4, -0.2) is 35.1 Å². The summed E-state index contributed by atoms with van der Waals surface area (Å²) in [6, 6.07) is 12.4. The fraction of sp³-hybridized carbons (Fsp3) is 0.222. The van der Waals surface area contributed by atoms with Crippen molar-refractivity contribution in [3.05, 3.63) is 63.7 Å². The van der Waals surface area contributed by atoms with Gasteiger partial charge in [-0.05, 0) is 25.1 Å². The molecule has 4 rings (SSSR count). The molecule has 1 aliphatic heterocycles. The van der Waals surface area contributed by atoms with Gasteiger partial charge in [-0.3, -0.25) is 10.1 Å². The first-order chi connectivity index (χ1) is 12.5. The molecule has 2 heterocycles. The standard InChI is InChI=1S/C18H15N3O4S/c1-11-13(5-4-7-15(11)21(23)24)17(22)25-12-9-20(10-12)18-19-14-6-2-3-8-16(14)26-18/h2-8,12H,9-10H2,1H3. The van der Waals surface area contributed by atoms with Gasteiger partial charge in [-0.25, -0.2) is 9.78 Å². The van der Waals surface area contributed by atoms with Crippen LogP contribution in [-0.2, 0) is 4.74 Å². The molecule has 0 unspecified atom stereocenters. The van der Waals surface area contributed by atoms with Crippen LogP contribution in [0, 0.1) is 17.0 Å². The lowest BCUT2D eigenvalue weighted by atomic mass is 10.1. The lowest BCUT2D eigenvalue weighted by Gasteiger charge is -2.38. The van der Waals surface area contributed by atoms with E-state index in [0.29, 0.717) is 18.7 Å². The highest BCUT2D eigenvalue weighted by Crippen LogP contribution is 2.32. The molecule has 0 spiro atoms. The van der Waals surface area contributed by atoms with Crippen LogP contribution in [0.1, 0.15) is 15.9 Å². The van der Waals surface area contributed by atoms with Crippen LogP contribution in [0.5, 0.6) is 0 Å². The third kappa shape index (κ3) is 2.88. The van der Waals surface area contributed by atoms with E-state index in [1.54, 1.807) is 24.3 Å². The Balaban J connectivity index is 1.42. The Morgan fingerprint density at radius 1 is 1.27 bits per heavy atom. The van der Waals surface area contributed by atoms with E-state index in [1.807, 2.05) is 24.3 Å². The number of ether oxygens (including phenoxy) is 1. The molecule has 0 bridgehead atoms. The summed E-state index contributed by atoms with van der Waals surface area (Å²) in [4.78, 5) is 29.5. The number of hydrogen-bond donors (Lipinski definition) is 0. The number of aromatic nitrogens is 1. The second-order valence-electron chi connectivity index (χ2n) is 6.10. The average Bonchev–Trinajstić information content (AvgIpc) is 3.00. The zero-order valence-electron chi connectivity index (χ0n) is 13.9. The van der Waals surface area contributed by atoms with Gasteiger partial charge in [0.25, 0.3) is 5.69 Å². The second-order valence-corrected chi connectivity index (χ2v) is 7.11. The highest BCUT2D eigenvalue weighted by atomic mass is 32.1. The Kier molecular flexibility index (Phi) is 4.04. The number of carbonyl (C=O) groups is 1. The van der Waals surface area contributed by atoms with Gasteiger partial charge in [0, 0.05) is 11.6 Å². The van der Waals surface area contributed by atoms with Gasteiger partial charge in [0.2, 0.25) is 0 Å². The highest BCUT2D eigenvalue weighted by Gasteiger charge is 2.33. The van der Waals surface area contributed by atoms with Crippen LogP contribution in [0.4, 0.5) is 10.8 Å². The van der Waals surface area contributed by atoms with Crippen molar-refractivity contribution in [3.63, 3.8) is 0 Å². The number of nitrogens with zero attached hydrogens (tertiary/aromatic N) is 3. The van der Waals surface area contributed by atoms with Crippen LogP contribution >= 0.6 is 11.3 Å². The molecule has 1 aromatic heterocycles. The zero-order chi connectivity index (χ0) is 18.3. The third-order valence-electron chi connectivity index (χ3n) is 4.40. The number of hydrogen-bond acceptors (Lipinski definition) is 7. The number of rotatable bonds is 4. The molecular weight excluding hydrogens is 354 g/mol. The monoisotopic (exact) mass is 369 g/mol. The van der Waals surface area contributed by atoms with Crippen molar-refractivity contribution in [2.45, 2.75) is 13.0 Å². The predicted octanol–water partition coefficient (Wildman–Crippen LogP) is 3.56. The summed E-state index contributed by atoms with van der Waals surface area (Å²) in [5, 5.41) is 11.9. The van der Waals surface area contributed by atoms with E-state index in [4.69, 9.17) is 4.74 Å². The Morgan fingerprint density at radius 2 is 2.04 bits per heavy atom. The quantitative estimate of drug-likeness (QED) is 0.397. The van der Waals surface area contributed by atoms with Crippen molar-refractivity contribution < 1.29 is 14.5 Å². The van der Waals surface area contributed by atoms with Gasteiger partial charge in [0.15, 0.2) is 5.13 Å². The van der Waals surface area contributed by atoms with Crippen LogP contribution in [0.3, 0.4) is 0 Å². The smallest absolute Gasteiger partial charge is 0.339 e. The molecule has 1 fully saturated rings. The molecule has 7 nitrogen and oxygen atoms in total. The van der Waals surface area contributed by atoms with Gasteiger partial charge in [-0.1, -0.05) is 29.5 Å². The maximum Gasteiger partial charge on any atom is 0.339 e. The highest BCUT2D eigenvalue weighted by molar-refractivity contribution is 7.22. The number of fused-ring (bicyclic) bond motifs is 1. The van der Waals surface area contributed by atoms with Crippen molar-refractivity contribution >= 4 is 38.3 Å². The molecule has 3 aromatic rings. The summed E-state index contributed by atoms with van der Waals surface area (Å²) in [5.74, 6) is -0.528. The number of benzene rings is 2. The summed E-state index contributed by atoms with van der Waals surface area (Å²) >= 11 is 1.61. The number of para-hydroxylation sites is 1. The molecule has 0 aliphatic carbocycles. The van der Waals surface area contributed by atoms with Crippen molar-refractivity contribution in [2.24, 2.45) is 0 Å². The van der Waals surface area contributed by atoms with Gasteiger partial charge in [-0.15, -0.1) is 0 Å². The van der Waals surface area contributed by atoms with E-state index in [0.717, 1.165) is 15.3 Å². The maximum absolute atomic E-state index is 12.4. The number of nitro benzene ring substituents is 1. The number of nitro groups is 1. The summed E-state index contributed by atoms with van der Waals surface area (Å²) in [6.07, 6.45) is -0.242. The fourth-order valence-electron chi connectivity index (χ4n) is 2.92. The second kappa shape index (κ2) is 6.38. The van der Waals surface area contributed by atoms with Crippen LogP contribution in [0.25, 0.3) is 10.2 Å². The van der Waals surface area contributed by atoms with Crippen LogP contribution < -0.4 is 4.90 Å². The summed E-state index contributed by atoms with van der Waals surface area (Å²) in [6.45, 7) is 2.70. The van der Waals surface area contributed by atoms with E-state index in [1.165, 1.54) is 12.1 Å². The summed E-state index contributed by atoms with van der Waals surface area (Å²) < 4.78 is 6.61. The molecule has 0 saturated carbocycles. The minimum absolute atomic E-state index is 0.0795. The summed E-state index contributed by atoms with van der Waals surface area (Å²) in [5.41, 5.74) is 1.44. The Hall–Kier alpha value is -3.00. The zero-order valence-corrected chi connectivity index (χ0v) is 14.7. The van der Waals surface area contributed by atoms with Crippen LogP contribution in [0.2, 0.25) is 0 Å². The van der Waals surface area contributed by atoms with E-state index < -0.39 is 10.9 Å². The minimum atomic E-state index is -0.528. The number of anilines is 1. The van der Waals surface area contributed by atoms with E-state index in [-0.39, 0.29) is 17.4 Å². The molecular formula is C18H15N3O4S. The molecule has 1 aliphatic rings. The third-order valence-corrected chi connectivity index (χ3v) is 5.49. The van der Waals surface area contributed by atoms with Crippen molar-refractivity contribution in [2.75, 3.05) is 18.0 Å². The molecule has 1 saturated heterocycles. The average molecular weight is 369 g/mol. The molecule has 26 heavy (non-hydrogen) atoms. The Morgan fingerprint density at radius 3 is 2.77 bits per heavy atom. The molecule has 2 aromatic carbocycles. The van der Waals surface area contributed by atoms with Gasteiger partial charge in [-0.2, -0.15) is 0 Å². The van der Waals surface area contributed by atoms with Gasteiger partial charge in [0.1, 0.15) is 6.10 Å². The van der Waals surface area contributed by atoms with Crippen molar-refractivity contribution in [1.82, 2.24) is 4.98 Å². The van der Waals surface area contributed by atoms with Crippen molar-refractivity contribution in [3.8, 4) is 0 Å². The Bertz CT molecular complexity index is 978. The number of thiazole rings is 1. The van der Waals surface area contributed by atoms with E-state index in [9.17, 15) is 14.9 Å². The molecule has 0 atom stereocenters. The fourth-order valence-corrected chi connectivity index (χ4v) is 3.91. The van der Waals surface area contributed by atoms with E-state index >= 15 is 0 Å². The predicted molar refractivity (Wildman–Crippen MR) is 98.9 cm³/mol. The van der Waals surface area contributed by atoms with Crippen LogP contribution in [0.15, 0.2) is 42.5 Å². The first-order valence-electron chi connectivity index (χ1n) is 8.08. The van der Waals surface area contributed by atoms with Crippen molar-refractivity contribution in [1.29, 1.82) is 0 Å². The molecule has 0 N–H and O–H groups in total. The SMILES string of the molecule is Cc1c(C(=O)OC2CN(c3nc4ccccc4s3)C2)cccc1[N+](=O)[O-]. The lowest BCUT2D eigenvalue weighted by Crippen LogP contribution is -2.53. The minimum Gasteiger partial charge on any atom is -0.455 e. The Labute approximate surface area is 153 Å². The topological polar surface area (TPSA) is 85.6 Å². The van der Waals surface area contributed by atoms with Gasteiger partial charge < -0.3 is 9.64 Å². The molecule has 132 valence electrons. The van der Waals surface area contributed by atoms with E-state index in [2.05, 4.69) is 9.88 Å². The lowest BCUT2D eigenvalue weighted by molar-refractivity contribution is -0.385. The molecule has 0 radical (unpaired) electrons. The first kappa shape index (κ1) is 16.5. The van der Waals surface area contributed by atoms with Gasteiger partial charge >= 0.3 is 5.97 Å². The van der Waals surface area contributed by atoms with Gasteiger partial charge in [0.05, 0.1) is 33.8 Å². The summed E-state index contributed by atoms with van der Waals surface area (Å²) in [7, 11) is 0. The molecule has 8 heteroatoms.